The number of nitrogens with zero attached hydrogens (tertiary/aromatic N) is 6. The molecule has 4 aromatic heterocycles. The summed E-state index contributed by atoms with van der Waals surface area (Å²) in [6, 6.07) is 2.76. The standard InChI is InChI=1S/C12H10N8O2/c1-5-3-7(21)19-9(15-17-11(19)13-5)10-16-18-12-14-6(2)4-8(22)20(10)12/h3-4H,1-2H3,(H,13,17)(H,14,18). The lowest BCUT2D eigenvalue weighted by molar-refractivity contribution is 0.977. The van der Waals surface area contributed by atoms with Gasteiger partial charge in [0.2, 0.25) is 23.2 Å². The topological polar surface area (TPSA) is 126 Å². The summed E-state index contributed by atoms with van der Waals surface area (Å²) in [5, 5.41) is 13.4. The van der Waals surface area contributed by atoms with E-state index in [1.807, 2.05) is 0 Å². The maximum Gasteiger partial charge on any atom is 0.261 e. The first kappa shape index (κ1) is 12.4. The molecule has 4 rings (SSSR count). The van der Waals surface area contributed by atoms with E-state index < -0.39 is 0 Å². The van der Waals surface area contributed by atoms with Gasteiger partial charge in [-0.15, -0.1) is 10.2 Å². The summed E-state index contributed by atoms with van der Waals surface area (Å²) in [7, 11) is 0. The summed E-state index contributed by atoms with van der Waals surface area (Å²) in [4.78, 5) is 32.7. The van der Waals surface area contributed by atoms with Gasteiger partial charge < -0.3 is 0 Å². The molecule has 0 aliphatic carbocycles. The number of aromatic amines is 2. The number of rotatable bonds is 1. The minimum atomic E-state index is -0.310. The lowest BCUT2D eigenvalue weighted by atomic mass is 10.4. The third kappa shape index (κ3) is 1.60. The largest absolute Gasteiger partial charge is 0.269 e. The molecule has 0 spiro atoms. The third-order valence-electron chi connectivity index (χ3n) is 3.24. The number of aromatic nitrogens is 8. The summed E-state index contributed by atoms with van der Waals surface area (Å²) >= 11 is 0. The van der Waals surface area contributed by atoms with Gasteiger partial charge in [0.15, 0.2) is 0 Å². The molecule has 0 saturated carbocycles. The molecule has 10 nitrogen and oxygen atoms in total. The fourth-order valence-corrected chi connectivity index (χ4v) is 2.36. The Morgan fingerprint density at radius 3 is 1.64 bits per heavy atom. The van der Waals surface area contributed by atoms with Gasteiger partial charge >= 0.3 is 0 Å². The van der Waals surface area contributed by atoms with Gasteiger partial charge in [-0.1, -0.05) is 0 Å². The summed E-state index contributed by atoms with van der Waals surface area (Å²) in [6.07, 6.45) is 0. The van der Waals surface area contributed by atoms with E-state index in [9.17, 15) is 9.59 Å². The molecule has 0 amide bonds. The molecule has 10 heteroatoms. The molecule has 0 fully saturated rings. The Bertz CT molecular complexity index is 1050. The van der Waals surface area contributed by atoms with E-state index in [2.05, 4.69) is 30.4 Å². The smallest absolute Gasteiger partial charge is 0.261 e. The minimum absolute atomic E-state index is 0.187. The molecule has 0 aromatic carbocycles. The molecule has 0 aliphatic heterocycles. The van der Waals surface area contributed by atoms with Crippen molar-refractivity contribution in [2.24, 2.45) is 0 Å². The molecule has 22 heavy (non-hydrogen) atoms. The molecular formula is C12H10N8O2. The van der Waals surface area contributed by atoms with E-state index in [1.165, 1.54) is 20.9 Å². The summed E-state index contributed by atoms with van der Waals surface area (Å²) < 4.78 is 2.52. The van der Waals surface area contributed by atoms with E-state index >= 15 is 0 Å². The SMILES string of the molecule is Cc1cc(=O)n2c(-c3n[nH]c4nc(C)cc(=O)n34)n[nH]c2n1. The Balaban J connectivity index is 2.13. The van der Waals surface area contributed by atoms with E-state index in [0.717, 1.165) is 0 Å². The minimum Gasteiger partial charge on any atom is -0.269 e. The summed E-state index contributed by atoms with van der Waals surface area (Å²) in [5.74, 6) is 0.937. The molecule has 0 atom stereocenters. The summed E-state index contributed by atoms with van der Waals surface area (Å²) in [6.45, 7) is 3.42. The van der Waals surface area contributed by atoms with Crippen LogP contribution in [0.2, 0.25) is 0 Å². The first-order valence-electron chi connectivity index (χ1n) is 6.44. The van der Waals surface area contributed by atoms with Gasteiger partial charge in [-0.25, -0.2) is 29.0 Å². The fourth-order valence-electron chi connectivity index (χ4n) is 2.36. The number of aryl methyl sites for hydroxylation is 2. The van der Waals surface area contributed by atoms with Crippen LogP contribution < -0.4 is 11.1 Å². The zero-order valence-electron chi connectivity index (χ0n) is 11.7. The van der Waals surface area contributed by atoms with Crippen LogP contribution in [0.4, 0.5) is 0 Å². The molecule has 0 aliphatic rings. The van der Waals surface area contributed by atoms with Gasteiger partial charge in [0.1, 0.15) is 0 Å². The van der Waals surface area contributed by atoms with Crippen LogP contribution in [0, 0.1) is 13.8 Å². The maximum atomic E-state index is 12.2. The van der Waals surface area contributed by atoms with Crippen molar-refractivity contribution in [2.45, 2.75) is 13.8 Å². The van der Waals surface area contributed by atoms with Crippen LogP contribution in [0.15, 0.2) is 21.7 Å². The van der Waals surface area contributed by atoms with Crippen molar-refractivity contribution in [3.63, 3.8) is 0 Å². The summed E-state index contributed by atoms with van der Waals surface area (Å²) in [5.41, 5.74) is 0.522. The van der Waals surface area contributed by atoms with Crippen LogP contribution in [-0.4, -0.2) is 39.2 Å². The van der Waals surface area contributed by atoms with Crippen molar-refractivity contribution >= 4 is 11.6 Å². The number of fused-ring (bicyclic) bond motifs is 2. The highest BCUT2D eigenvalue weighted by molar-refractivity contribution is 5.53. The van der Waals surface area contributed by atoms with Crippen molar-refractivity contribution < 1.29 is 0 Å². The number of nitrogens with one attached hydrogen (secondary N) is 2. The first-order chi connectivity index (χ1) is 10.5. The molecule has 2 N–H and O–H groups in total. The van der Waals surface area contributed by atoms with Gasteiger partial charge in [0.05, 0.1) is 0 Å². The van der Waals surface area contributed by atoms with Crippen molar-refractivity contribution in [2.75, 3.05) is 0 Å². The molecule has 0 saturated heterocycles. The Morgan fingerprint density at radius 1 is 0.818 bits per heavy atom. The van der Waals surface area contributed by atoms with Gasteiger partial charge in [-0.2, -0.15) is 0 Å². The van der Waals surface area contributed by atoms with Crippen molar-refractivity contribution in [3.8, 4) is 11.6 Å². The monoisotopic (exact) mass is 298 g/mol. The average molecular weight is 298 g/mol. The molecule has 4 aromatic rings. The van der Waals surface area contributed by atoms with E-state index in [0.29, 0.717) is 11.4 Å². The van der Waals surface area contributed by atoms with Gasteiger partial charge in [0, 0.05) is 23.5 Å². The van der Waals surface area contributed by atoms with Crippen LogP contribution in [-0.2, 0) is 0 Å². The Morgan fingerprint density at radius 2 is 1.23 bits per heavy atom. The Labute approximate surface area is 121 Å². The molecule has 0 unspecified atom stereocenters. The lowest BCUT2D eigenvalue weighted by Gasteiger charge is -1.98. The molecule has 0 bridgehead atoms. The highest BCUT2D eigenvalue weighted by Gasteiger charge is 2.18. The highest BCUT2D eigenvalue weighted by Crippen LogP contribution is 2.13. The highest BCUT2D eigenvalue weighted by atomic mass is 16.1. The van der Waals surface area contributed by atoms with Gasteiger partial charge in [-0.05, 0) is 13.8 Å². The second-order valence-corrected chi connectivity index (χ2v) is 4.88. The van der Waals surface area contributed by atoms with Crippen LogP contribution >= 0.6 is 0 Å². The van der Waals surface area contributed by atoms with E-state index in [-0.39, 0.29) is 34.3 Å². The first-order valence-corrected chi connectivity index (χ1v) is 6.44. The van der Waals surface area contributed by atoms with Gasteiger partial charge in [-0.3, -0.25) is 9.59 Å². The van der Waals surface area contributed by atoms with Crippen LogP contribution in [0.1, 0.15) is 11.4 Å². The maximum absolute atomic E-state index is 12.2. The van der Waals surface area contributed by atoms with Crippen LogP contribution in [0.25, 0.3) is 23.2 Å². The normalized spacial score (nSPS) is 11.5. The molecule has 110 valence electrons. The Kier molecular flexibility index (Phi) is 2.32. The molecule has 0 radical (unpaired) electrons. The van der Waals surface area contributed by atoms with Crippen molar-refractivity contribution in [1.29, 1.82) is 0 Å². The number of hydrogen-bond donors (Lipinski definition) is 2. The predicted octanol–water partition coefficient (Wildman–Crippen LogP) is -0.568. The number of H-pyrrole nitrogens is 2. The van der Waals surface area contributed by atoms with E-state index in [4.69, 9.17) is 0 Å². The van der Waals surface area contributed by atoms with Crippen molar-refractivity contribution in [3.05, 3.63) is 44.2 Å². The molecular weight excluding hydrogens is 288 g/mol. The van der Waals surface area contributed by atoms with Crippen LogP contribution in [0.5, 0.6) is 0 Å². The zero-order valence-corrected chi connectivity index (χ0v) is 11.7. The number of hydrogen-bond acceptors (Lipinski definition) is 6. The average Bonchev–Trinajstić information content (AvgIpc) is 3.01. The predicted molar refractivity (Wildman–Crippen MR) is 75.7 cm³/mol. The van der Waals surface area contributed by atoms with E-state index in [1.54, 1.807) is 13.8 Å². The fraction of sp³-hybridized carbons (Fsp3) is 0.167. The lowest BCUT2D eigenvalue weighted by Crippen LogP contribution is -2.18. The Hall–Kier alpha value is -3.30. The zero-order chi connectivity index (χ0) is 15.4. The van der Waals surface area contributed by atoms with Crippen molar-refractivity contribution in [1.82, 2.24) is 39.2 Å². The van der Waals surface area contributed by atoms with Crippen LogP contribution in [0.3, 0.4) is 0 Å². The van der Waals surface area contributed by atoms with Gasteiger partial charge in [0.25, 0.3) is 11.1 Å². The molecule has 4 heterocycles. The second kappa shape index (κ2) is 4.10. The quantitative estimate of drug-likeness (QED) is 0.484. The second-order valence-electron chi connectivity index (χ2n) is 4.88. The third-order valence-corrected chi connectivity index (χ3v) is 3.24.